The molecule has 0 heterocycles. The Morgan fingerprint density at radius 2 is 1.74 bits per heavy atom. The van der Waals surface area contributed by atoms with Gasteiger partial charge in [0.25, 0.3) is 0 Å². The average Bonchev–Trinajstić information content (AvgIpc) is 2.43. The van der Waals surface area contributed by atoms with Gasteiger partial charge in [-0.15, -0.1) is 0 Å². The van der Waals surface area contributed by atoms with Crippen LogP contribution in [0.2, 0.25) is 5.02 Å². The van der Waals surface area contributed by atoms with Gasteiger partial charge in [0.15, 0.2) is 0 Å². The molecule has 100 valence electrons. The first-order valence-corrected chi connectivity index (χ1v) is 6.83. The second-order valence-corrected chi connectivity index (χ2v) is 4.91. The van der Waals surface area contributed by atoms with Gasteiger partial charge in [0.1, 0.15) is 5.82 Å². The van der Waals surface area contributed by atoms with E-state index < -0.39 is 0 Å². The van der Waals surface area contributed by atoms with Crippen LogP contribution in [-0.2, 0) is 6.54 Å². The minimum atomic E-state index is -0.384. The summed E-state index contributed by atoms with van der Waals surface area (Å²) in [7, 11) is 0. The molecule has 0 radical (unpaired) electrons. The number of halogens is 2. The van der Waals surface area contributed by atoms with Crippen LogP contribution in [0.4, 0.5) is 4.39 Å². The largest absolute Gasteiger partial charge is 0.313 e. The van der Waals surface area contributed by atoms with Crippen molar-refractivity contribution in [3.05, 3.63) is 58.9 Å². The minimum Gasteiger partial charge on any atom is -0.313 e. The molecule has 2 aromatic rings. The maximum atomic E-state index is 13.1. The fourth-order valence-corrected chi connectivity index (χ4v) is 2.08. The normalized spacial score (nSPS) is 10.7. The Kier molecular flexibility index (Phi) is 4.94. The standard InChI is InChI=1S/C16H17ClFN/c1-2-9-19-11-12-3-5-13(6-4-12)14-7-8-16(18)15(17)10-14/h3-8,10,19H,2,9,11H2,1H3. The number of hydrogen-bond acceptors (Lipinski definition) is 1. The van der Waals surface area contributed by atoms with Crippen molar-refractivity contribution in [1.82, 2.24) is 5.32 Å². The molecule has 1 N–H and O–H groups in total. The lowest BCUT2D eigenvalue weighted by Gasteiger charge is -2.06. The Labute approximate surface area is 118 Å². The molecule has 2 aromatic carbocycles. The smallest absolute Gasteiger partial charge is 0.141 e. The quantitative estimate of drug-likeness (QED) is 0.785. The molecule has 2 rings (SSSR count). The van der Waals surface area contributed by atoms with Crippen LogP contribution in [-0.4, -0.2) is 6.54 Å². The third kappa shape index (κ3) is 3.79. The maximum Gasteiger partial charge on any atom is 0.141 e. The summed E-state index contributed by atoms with van der Waals surface area (Å²) in [6.45, 7) is 4.04. The van der Waals surface area contributed by atoms with Gasteiger partial charge in [0.05, 0.1) is 5.02 Å². The van der Waals surface area contributed by atoms with E-state index in [1.807, 2.05) is 12.1 Å². The van der Waals surface area contributed by atoms with Crippen LogP contribution in [0.5, 0.6) is 0 Å². The van der Waals surface area contributed by atoms with E-state index in [1.165, 1.54) is 11.6 Å². The summed E-state index contributed by atoms with van der Waals surface area (Å²) < 4.78 is 13.1. The van der Waals surface area contributed by atoms with Crippen LogP contribution in [0, 0.1) is 5.82 Å². The third-order valence-corrected chi connectivity index (χ3v) is 3.25. The van der Waals surface area contributed by atoms with E-state index in [2.05, 4.69) is 24.4 Å². The Hall–Kier alpha value is -1.38. The first-order chi connectivity index (χ1) is 9.20. The van der Waals surface area contributed by atoms with E-state index in [-0.39, 0.29) is 10.8 Å². The van der Waals surface area contributed by atoms with E-state index in [9.17, 15) is 4.39 Å². The number of hydrogen-bond donors (Lipinski definition) is 1. The molecular weight excluding hydrogens is 261 g/mol. The highest BCUT2D eigenvalue weighted by atomic mass is 35.5. The van der Waals surface area contributed by atoms with Crippen molar-refractivity contribution < 1.29 is 4.39 Å². The minimum absolute atomic E-state index is 0.159. The van der Waals surface area contributed by atoms with Crippen molar-refractivity contribution in [2.45, 2.75) is 19.9 Å². The molecule has 0 saturated carbocycles. The molecule has 0 aromatic heterocycles. The molecule has 0 aliphatic rings. The molecule has 3 heteroatoms. The van der Waals surface area contributed by atoms with E-state index in [0.717, 1.165) is 30.6 Å². The zero-order valence-corrected chi connectivity index (χ0v) is 11.7. The molecule has 0 unspecified atom stereocenters. The second-order valence-electron chi connectivity index (χ2n) is 4.50. The molecule has 1 nitrogen and oxygen atoms in total. The van der Waals surface area contributed by atoms with Crippen LogP contribution in [0.25, 0.3) is 11.1 Å². The van der Waals surface area contributed by atoms with Crippen molar-refractivity contribution in [2.75, 3.05) is 6.54 Å². The van der Waals surface area contributed by atoms with Gasteiger partial charge in [-0.2, -0.15) is 0 Å². The molecule has 0 aliphatic heterocycles. The lowest BCUT2D eigenvalue weighted by atomic mass is 10.0. The lowest BCUT2D eigenvalue weighted by molar-refractivity contribution is 0.628. The van der Waals surface area contributed by atoms with Gasteiger partial charge >= 0.3 is 0 Å². The van der Waals surface area contributed by atoms with Crippen molar-refractivity contribution in [3.8, 4) is 11.1 Å². The fraction of sp³-hybridized carbons (Fsp3) is 0.250. The lowest BCUT2D eigenvalue weighted by Crippen LogP contribution is -2.13. The van der Waals surface area contributed by atoms with E-state index >= 15 is 0 Å². The molecule has 0 fully saturated rings. The SMILES string of the molecule is CCCNCc1ccc(-c2ccc(F)c(Cl)c2)cc1. The van der Waals surface area contributed by atoms with E-state index in [0.29, 0.717) is 0 Å². The van der Waals surface area contributed by atoms with Gasteiger partial charge in [0, 0.05) is 6.54 Å². The van der Waals surface area contributed by atoms with Crippen LogP contribution < -0.4 is 5.32 Å². The highest BCUT2D eigenvalue weighted by Crippen LogP contribution is 2.25. The van der Waals surface area contributed by atoms with Crippen LogP contribution in [0.3, 0.4) is 0 Å². The average molecular weight is 278 g/mol. The topological polar surface area (TPSA) is 12.0 Å². The van der Waals surface area contributed by atoms with Crippen LogP contribution >= 0.6 is 11.6 Å². The first-order valence-electron chi connectivity index (χ1n) is 6.46. The van der Waals surface area contributed by atoms with Crippen LogP contribution in [0.15, 0.2) is 42.5 Å². The van der Waals surface area contributed by atoms with Crippen molar-refractivity contribution in [1.29, 1.82) is 0 Å². The monoisotopic (exact) mass is 277 g/mol. The van der Waals surface area contributed by atoms with Crippen molar-refractivity contribution >= 4 is 11.6 Å². The Balaban J connectivity index is 2.11. The van der Waals surface area contributed by atoms with E-state index in [4.69, 9.17) is 11.6 Å². The first kappa shape index (κ1) is 14.0. The second kappa shape index (κ2) is 6.69. The van der Waals surface area contributed by atoms with Crippen LogP contribution in [0.1, 0.15) is 18.9 Å². The summed E-state index contributed by atoms with van der Waals surface area (Å²) in [5.74, 6) is -0.384. The zero-order chi connectivity index (χ0) is 13.7. The molecule has 0 spiro atoms. The number of rotatable bonds is 5. The van der Waals surface area contributed by atoms with Gasteiger partial charge in [-0.05, 0) is 41.8 Å². The molecule has 19 heavy (non-hydrogen) atoms. The molecular formula is C16H17ClFN. The Morgan fingerprint density at radius 3 is 2.37 bits per heavy atom. The van der Waals surface area contributed by atoms with E-state index in [1.54, 1.807) is 12.1 Å². The summed E-state index contributed by atoms with van der Waals surface area (Å²) in [6, 6.07) is 13.0. The molecule has 0 aliphatic carbocycles. The molecule has 0 bridgehead atoms. The molecule has 0 saturated heterocycles. The third-order valence-electron chi connectivity index (χ3n) is 2.96. The fourth-order valence-electron chi connectivity index (χ4n) is 1.90. The zero-order valence-electron chi connectivity index (χ0n) is 10.9. The summed E-state index contributed by atoms with van der Waals surface area (Å²) in [4.78, 5) is 0. The summed E-state index contributed by atoms with van der Waals surface area (Å²) in [5.41, 5.74) is 3.21. The van der Waals surface area contributed by atoms with Crippen molar-refractivity contribution in [3.63, 3.8) is 0 Å². The molecule has 0 amide bonds. The Morgan fingerprint density at radius 1 is 1.05 bits per heavy atom. The van der Waals surface area contributed by atoms with Gasteiger partial charge < -0.3 is 5.32 Å². The highest BCUT2D eigenvalue weighted by molar-refractivity contribution is 6.31. The number of benzene rings is 2. The highest BCUT2D eigenvalue weighted by Gasteiger charge is 2.03. The molecule has 0 atom stereocenters. The maximum absolute atomic E-state index is 13.1. The van der Waals surface area contributed by atoms with Gasteiger partial charge in [0.2, 0.25) is 0 Å². The summed E-state index contributed by atoms with van der Waals surface area (Å²) in [5, 5.41) is 3.51. The summed E-state index contributed by atoms with van der Waals surface area (Å²) in [6.07, 6.45) is 1.13. The van der Waals surface area contributed by atoms with Crippen molar-refractivity contribution in [2.24, 2.45) is 0 Å². The predicted octanol–water partition coefficient (Wildman–Crippen LogP) is 4.65. The summed E-state index contributed by atoms with van der Waals surface area (Å²) >= 11 is 5.79. The van der Waals surface area contributed by atoms with Gasteiger partial charge in [-0.25, -0.2) is 4.39 Å². The van der Waals surface area contributed by atoms with Gasteiger partial charge in [-0.1, -0.05) is 48.9 Å². The Bertz CT molecular complexity index is 537. The van der Waals surface area contributed by atoms with Gasteiger partial charge in [-0.3, -0.25) is 0 Å². The number of nitrogens with one attached hydrogen (secondary N) is 1. The predicted molar refractivity (Wildman–Crippen MR) is 78.8 cm³/mol.